The summed E-state index contributed by atoms with van der Waals surface area (Å²) < 4.78 is 9.99. The normalized spacial score (nSPS) is 11.0. The first-order chi connectivity index (χ1) is 15.1. The molecular weight excluding hydrogens is 396 g/mol. The molecule has 3 rings (SSSR count). The first kappa shape index (κ1) is 22.0. The summed E-state index contributed by atoms with van der Waals surface area (Å²) in [6.45, 7) is 1.14. The maximum absolute atomic E-state index is 13.0. The Labute approximate surface area is 181 Å². The molecule has 0 aliphatic heterocycles. The zero-order valence-electron chi connectivity index (χ0n) is 17.7. The summed E-state index contributed by atoms with van der Waals surface area (Å²) in [5, 5.41) is 8.16. The van der Waals surface area contributed by atoms with E-state index in [1.165, 1.54) is 11.0 Å². The Balaban J connectivity index is 1.70. The molecule has 0 unspecified atom stereocenters. The van der Waals surface area contributed by atoms with Gasteiger partial charge in [0.2, 0.25) is 0 Å². The molecule has 1 aromatic heterocycles. The number of aromatic nitrogens is 2. The average molecular weight is 422 g/mol. The first-order valence-corrected chi connectivity index (χ1v) is 9.94. The summed E-state index contributed by atoms with van der Waals surface area (Å²) in [4.78, 5) is 28.1. The second-order valence-electron chi connectivity index (χ2n) is 6.84. The number of H-pyrrole nitrogens is 1. The zero-order valence-corrected chi connectivity index (χ0v) is 17.7. The summed E-state index contributed by atoms with van der Waals surface area (Å²) >= 11 is 0. The van der Waals surface area contributed by atoms with Gasteiger partial charge in [0.25, 0.3) is 5.91 Å². The van der Waals surface area contributed by atoms with Crippen molar-refractivity contribution in [3.05, 3.63) is 66.4 Å². The van der Waals surface area contributed by atoms with Gasteiger partial charge in [0.1, 0.15) is 6.61 Å². The molecule has 0 saturated carbocycles. The minimum absolute atomic E-state index is 0.182. The molecule has 8 nitrogen and oxygen atoms in total. The van der Waals surface area contributed by atoms with E-state index in [9.17, 15) is 9.59 Å². The van der Waals surface area contributed by atoms with E-state index in [-0.39, 0.29) is 12.5 Å². The first-order valence-electron chi connectivity index (χ1n) is 9.94. The lowest BCUT2D eigenvalue weighted by Crippen LogP contribution is -2.39. The number of amides is 2. The molecule has 8 heteroatoms. The van der Waals surface area contributed by atoms with E-state index >= 15 is 0 Å². The molecule has 0 spiro atoms. The van der Waals surface area contributed by atoms with Crippen molar-refractivity contribution in [1.82, 2.24) is 15.1 Å². The minimum Gasteiger partial charge on any atom is -0.447 e. The number of nitrogens with one attached hydrogen (secondary N) is 1. The number of nitrogens with zero attached hydrogens (tertiary/aromatic N) is 3. The van der Waals surface area contributed by atoms with Gasteiger partial charge in [0.05, 0.1) is 17.8 Å². The van der Waals surface area contributed by atoms with Gasteiger partial charge in [-0.3, -0.25) is 9.89 Å². The Kier molecular flexibility index (Phi) is 7.78. The van der Waals surface area contributed by atoms with Crippen molar-refractivity contribution < 1.29 is 19.1 Å². The number of hydrogen-bond donors (Lipinski definition) is 1. The number of aromatic amines is 1. The molecule has 31 heavy (non-hydrogen) atoms. The third-order valence-electron chi connectivity index (χ3n) is 4.70. The Bertz CT molecular complexity index is 1030. The Morgan fingerprint density at radius 2 is 1.77 bits per heavy atom. The molecule has 0 fully saturated rings. The van der Waals surface area contributed by atoms with Gasteiger partial charge in [-0.05, 0) is 24.3 Å². The van der Waals surface area contributed by atoms with Crippen molar-refractivity contribution in [3.8, 4) is 0 Å². The van der Waals surface area contributed by atoms with E-state index < -0.39 is 6.09 Å². The topological polar surface area (TPSA) is 87.8 Å². The van der Waals surface area contributed by atoms with Crippen LogP contribution in [0.15, 0.2) is 60.7 Å². The number of anilines is 1. The largest absolute Gasteiger partial charge is 0.447 e. The number of ether oxygens (including phenoxy) is 2. The molecule has 2 aromatic carbocycles. The van der Waals surface area contributed by atoms with Crippen LogP contribution in [0, 0.1) is 0 Å². The number of carbonyl (C=O) groups excluding carboxylic acids is 2. The highest BCUT2D eigenvalue weighted by molar-refractivity contribution is 6.04. The van der Waals surface area contributed by atoms with Crippen LogP contribution in [-0.4, -0.2) is 67.6 Å². The number of carbonyl (C=O) groups is 2. The van der Waals surface area contributed by atoms with E-state index in [2.05, 4.69) is 10.2 Å². The summed E-state index contributed by atoms with van der Waals surface area (Å²) in [6, 6.07) is 17.0. The van der Waals surface area contributed by atoms with Gasteiger partial charge in [-0.1, -0.05) is 36.4 Å². The number of likely N-dealkylation sites (N-methyl/N-ethyl adjacent to an activating group) is 1. The fraction of sp³-hybridized carbons (Fsp3) is 0.261. The number of rotatable bonds is 9. The highest BCUT2D eigenvalue weighted by Gasteiger charge is 2.17. The van der Waals surface area contributed by atoms with Crippen molar-refractivity contribution in [3.63, 3.8) is 0 Å². The lowest BCUT2D eigenvalue weighted by molar-refractivity contribution is -0.114. The molecule has 0 aliphatic carbocycles. The maximum Gasteiger partial charge on any atom is 0.409 e. The van der Waals surface area contributed by atoms with Gasteiger partial charge in [-0.25, -0.2) is 4.79 Å². The second-order valence-corrected chi connectivity index (χ2v) is 6.84. The van der Waals surface area contributed by atoms with Gasteiger partial charge in [-0.15, -0.1) is 0 Å². The van der Waals surface area contributed by atoms with Crippen LogP contribution in [0.25, 0.3) is 17.0 Å². The van der Waals surface area contributed by atoms with Crippen LogP contribution in [0.5, 0.6) is 0 Å². The standard InChI is InChI=1S/C23H26N4O4/c1-26(23(29)31-17-16-30-2)14-15-27(18-8-4-3-5-9-18)22(28)13-12-21-19-10-6-7-11-20(19)24-25-21/h3-13H,14-17H2,1-2H3,(H,24,25)/b13-12+. The van der Waals surface area contributed by atoms with Crippen molar-refractivity contribution in [2.24, 2.45) is 0 Å². The van der Waals surface area contributed by atoms with Gasteiger partial charge < -0.3 is 19.3 Å². The molecule has 2 amide bonds. The Hall–Kier alpha value is -3.65. The van der Waals surface area contributed by atoms with Crippen LogP contribution in [0.1, 0.15) is 5.69 Å². The number of fused-ring (bicyclic) bond motifs is 1. The van der Waals surface area contributed by atoms with E-state index in [4.69, 9.17) is 9.47 Å². The Morgan fingerprint density at radius 1 is 1.03 bits per heavy atom. The van der Waals surface area contributed by atoms with Gasteiger partial charge in [0, 0.05) is 44.4 Å². The molecule has 0 saturated heterocycles. The molecule has 1 N–H and O–H groups in total. The predicted molar refractivity (Wildman–Crippen MR) is 120 cm³/mol. The number of hydrogen-bond acceptors (Lipinski definition) is 5. The van der Waals surface area contributed by atoms with Crippen LogP contribution >= 0.6 is 0 Å². The van der Waals surface area contributed by atoms with Gasteiger partial charge >= 0.3 is 6.09 Å². The number of methoxy groups -OCH3 is 1. The van der Waals surface area contributed by atoms with E-state index in [0.717, 1.165) is 16.6 Å². The van der Waals surface area contributed by atoms with E-state index in [1.54, 1.807) is 25.1 Å². The molecule has 0 aliphatic rings. The molecule has 162 valence electrons. The molecule has 3 aromatic rings. The summed E-state index contributed by atoms with van der Waals surface area (Å²) in [7, 11) is 3.18. The van der Waals surface area contributed by atoms with Crippen LogP contribution in [0.2, 0.25) is 0 Å². The number of para-hydroxylation sites is 2. The third-order valence-corrected chi connectivity index (χ3v) is 4.70. The summed E-state index contributed by atoms with van der Waals surface area (Å²) in [5.41, 5.74) is 2.34. The molecule has 0 radical (unpaired) electrons. The smallest absolute Gasteiger partial charge is 0.409 e. The minimum atomic E-state index is -0.462. The highest BCUT2D eigenvalue weighted by Crippen LogP contribution is 2.18. The monoisotopic (exact) mass is 422 g/mol. The zero-order chi connectivity index (χ0) is 22.1. The van der Waals surface area contributed by atoms with Crippen molar-refractivity contribution in [1.29, 1.82) is 0 Å². The van der Waals surface area contributed by atoms with Crippen molar-refractivity contribution in [2.75, 3.05) is 45.4 Å². The molecule has 0 atom stereocenters. The summed E-state index contributed by atoms with van der Waals surface area (Å²) in [5.74, 6) is -0.209. The average Bonchev–Trinajstić information content (AvgIpc) is 3.21. The lowest BCUT2D eigenvalue weighted by Gasteiger charge is -2.24. The van der Waals surface area contributed by atoms with Gasteiger partial charge in [-0.2, -0.15) is 5.10 Å². The van der Waals surface area contributed by atoms with Crippen molar-refractivity contribution >= 4 is 34.7 Å². The van der Waals surface area contributed by atoms with E-state index in [1.807, 2.05) is 54.6 Å². The van der Waals surface area contributed by atoms with Crippen LogP contribution in [-0.2, 0) is 14.3 Å². The SMILES string of the molecule is COCCOC(=O)N(C)CCN(C(=O)/C=C/c1n[nH]c2ccccc12)c1ccccc1. The van der Waals surface area contributed by atoms with Crippen LogP contribution in [0.4, 0.5) is 10.5 Å². The third kappa shape index (κ3) is 5.93. The van der Waals surface area contributed by atoms with Gasteiger partial charge in [0.15, 0.2) is 0 Å². The van der Waals surface area contributed by atoms with E-state index in [0.29, 0.717) is 25.4 Å². The second kappa shape index (κ2) is 10.9. The predicted octanol–water partition coefficient (Wildman–Crippen LogP) is 3.32. The molecule has 1 heterocycles. The molecule has 0 bridgehead atoms. The fourth-order valence-electron chi connectivity index (χ4n) is 2.99. The highest BCUT2D eigenvalue weighted by atomic mass is 16.6. The quantitative estimate of drug-likeness (QED) is 0.422. The van der Waals surface area contributed by atoms with Crippen LogP contribution in [0.3, 0.4) is 0 Å². The lowest BCUT2D eigenvalue weighted by atomic mass is 10.2. The molecular formula is C23H26N4O4. The summed E-state index contributed by atoms with van der Waals surface area (Å²) in [6.07, 6.45) is 2.72. The van der Waals surface area contributed by atoms with Crippen molar-refractivity contribution in [2.45, 2.75) is 0 Å². The maximum atomic E-state index is 13.0. The number of benzene rings is 2. The fourth-order valence-corrected chi connectivity index (χ4v) is 2.99. The van der Waals surface area contributed by atoms with Crippen LogP contribution < -0.4 is 4.90 Å². The Morgan fingerprint density at radius 3 is 2.55 bits per heavy atom.